The molecular weight excluding hydrogens is 448 g/mol. The molecule has 0 saturated heterocycles. The Morgan fingerprint density at radius 1 is 0.938 bits per heavy atom. The van der Waals surface area contributed by atoms with Gasteiger partial charge in [0.25, 0.3) is 5.91 Å². The molecule has 0 spiro atoms. The van der Waals surface area contributed by atoms with E-state index in [1.54, 1.807) is 32.0 Å². The van der Waals surface area contributed by atoms with E-state index in [-0.39, 0.29) is 36.1 Å². The van der Waals surface area contributed by atoms with Crippen molar-refractivity contribution in [1.29, 1.82) is 0 Å². The van der Waals surface area contributed by atoms with Gasteiger partial charge in [-0.25, -0.2) is 4.79 Å². The van der Waals surface area contributed by atoms with E-state index in [0.29, 0.717) is 12.0 Å². The molecule has 32 heavy (non-hydrogen) atoms. The van der Waals surface area contributed by atoms with E-state index in [4.69, 9.17) is 4.74 Å². The Bertz CT molecular complexity index is 708. The van der Waals surface area contributed by atoms with Crippen LogP contribution in [0.15, 0.2) is 24.3 Å². The third-order valence-corrected chi connectivity index (χ3v) is 4.40. The molecule has 0 aromatic heterocycles. The number of carbonyl (C=O) groups excluding carboxylic acids is 3. The van der Waals surface area contributed by atoms with Crippen molar-refractivity contribution in [3.05, 3.63) is 99.1 Å². The Morgan fingerprint density at radius 3 is 2.12 bits per heavy atom. The van der Waals surface area contributed by atoms with Crippen LogP contribution in [0.2, 0.25) is 0 Å². The monoisotopic (exact) mass is 476 g/mol. The van der Waals surface area contributed by atoms with Gasteiger partial charge >= 0.3 is 23.0 Å². The minimum absolute atomic E-state index is 0. The number of carbonyl (C=O) groups is 3. The molecule has 6 nitrogen and oxygen atoms in total. The molecule has 2 amide bonds. The van der Waals surface area contributed by atoms with Crippen molar-refractivity contribution in [1.82, 2.24) is 10.6 Å². The fourth-order valence-corrected chi connectivity index (χ4v) is 2.81. The van der Waals surface area contributed by atoms with Crippen LogP contribution in [0.4, 0.5) is 0 Å². The second kappa shape index (κ2) is 15.9. The Kier molecular flexibility index (Phi) is 14.0. The Hall–Kier alpha value is -1.85. The SMILES string of the molecule is CCOC(=O)[C@H](CC)NC(=O)CNC(=O)c1cccc([C]2[CH][CH][CH][CH]2)c1.[CH]1[CH][CH][CH][CH]1.[Fe+2]. The topological polar surface area (TPSA) is 84.5 Å². The first-order valence-electron chi connectivity index (χ1n) is 10.3. The molecule has 1 aromatic carbocycles. The maximum atomic E-state index is 12.3. The van der Waals surface area contributed by atoms with E-state index >= 15 is 0 Å². The molecule has 0 aliphatic heterocycles. The Balaban J connectivity index is 0.000000750. The van der Waals surface area contributed by atoms with Crippen molar-refractivity contribution in [2.75, 3.05) is 13.2 Å². The predicted molar refractivity (Wildman–Crippen MR) is 119 cm³/mol. The smallest absolute Gasteiger partial charge is 0.464 e. The standard InChI is InChI=1S/C20H23N2O4.C5H5.Fe/c1-3-17(20(25)26-4-2)22-18(23)13-21-19(24)16-11-7-10-15(12-16)14-8-5-6-9-14;1-2-4-5-3-1;/h5-12,17H,3-4,13H2,1-2H3,(H,21,24)(H,22,23);1-5H;/q;;+2/t17-;;/m0../s1. The van der Waals surface area contributed by atoms with Gasteiger partial charge in [0.05, 0.1) is 13.2 Å². The second-order valence-electron chi connectivity index (χ2n) is 6.68. The summed E-state index contributed by atoms with van der Waals surface area (Å²) in [6.07, 6.45) is 18.2. The zero-order valence-electron chi connectivity index (χ0n) is 18.2. The maximum Gasteiger partial charge on any atom is 2.00 e. The first-order valence-corrected chi connectivity index (χ1v) is 10.3. The molecule has 0 bridgehead atoms. The quantitative estimate of drug-likeness (QED) is 0.447. The first-order chi connectivity index (χ1) is 15.0. The minimum Gasteiger partial charge on any atom is -0.464 e. The van der Waals surface area contributed by atoms with Crippen molar-refractivity contribution in [3.63, 3.8) is 0 Å². The average molecular weight is 476 g/mol. The van der Waals surface area contributed by atoms with E-state index in [9.17, 15) is 14.4 Å². The van der Waals surface area contributed by atoms with Gasteiger partial charge in [-0.3, -0.25) is 9.59 Å². The van der Waals surface area contributed by atoms with Crippen LogP contribution >= 0.6 is 0 Å². The predicted octanol–water partition coefficient (Wildman–Crippen LogP) is 2.65. The summed E-state index contributed by atoms with van der Waals surface area (Å²) < 4.78 is 4.90. The van der Waals surface area contributed by atoms with Gasteiger partial charge in [-0.15, -0.1) is 0 Å². The average Bonchev–Trinajstić information content (AvgIpc) is 3.53. The first kappa shape index (κ1) is 28.2. The molecule has 3 rings (SSSR count). The normalized spacial score (nSPS) is 16.2. The third-order valence-electron chi connectivity index (χ3n) is 4.40. The van der Waals surface area contributed by atoms with Crippen LogP contribution in [0.5, 0.6) is 0 Å². The third kappa shape index (κ3) is 9.74. The fourth-order valence-electron chi connectivity index (χ4n) is 2.81. The fraction of sp³-hybridized carbons (Fsp3) is 0.240. The zero-order chi connectivity index (χ0) is 22.5. The molecule has 1 aromatic rings. The summed E-state index contributed by atoms with van der Waals surface area (Å²) in [4.78, 5) is 36.0. The van der Waals surface area contributed by atoms with Crippen molar-refractivity contribution in [2.24, 2.45) is 0 Å². The number of ether oxygens (including phenoxy) is 1. The second-order valence-corrected chi connectivity index (χ2v) is 6.68. The molecular formula is C25H28FeN2O4+2. The van der Waals surface area contributed by atoms with Gasteiger partial charge in [-0.1, -0.05) is 19.1 Å². The largest absolute Gasteiger partial charge is 2.00 e. The van der Waals surface area contributed by atoms with Crippen molar-refractivity contribution in [2.45, 2.75) is 26.3 Å². The van der Waals surface area contributed by atoms with E-state index in [2.05, 4.69) is 10.6 Å². The molecule has 2 aliphatic rings. The molecule has 2 saturated carbocycles. The Morgan fingerprint density at radius 2 is 1.56 bits per heavy atom. The van der Waals surface area contributed by atoms with E-state index in [1.165, 1.54) is 0 Å². The van der Waals surface area contributed by atoms with Crippen LogP contribution in [-0.2, 0) is 31.4 Å². The van der Waals surface area contributed by atoms with E-state index in [1.807, 2.05) is 63.9 Å². The summed E-state index contributed by atoms with van der Waals surface area (Å²) in [5, 5.41) is 5.13. The molecule has 2 N–H and O–H groups in total. The molecule has 168 valence electrons. The van der Waals surface area contributed by atoms with Crippen LogP contribution < -0.4 is 10.6 Å². The number of amides is 2. The molecule has 2 fully saturated rings. The van der Waals surface area contributed by atoms with Gasteiger partial charge < -0.3 is 15.4 Å². The minimum atomic E-state index is -0.708. The number of hydrogen-bond acceptors (Lipinski definition) is 4. The van der Waals surface area contributed by atoms with Crippen LogP contribution in [0.25, 0.3) is 0 Å². The van der Waals surface area contributed by atoms with Crippen LogP contribution in [0.3, 0.4) is 0 Å². The molecule has 10 radical (unpaired) electrons. The van der Waals surface area contributed by atoms with Gasteiger partial charge in [0.15, 0.2) is 0 Å². The van der Waals surface area contributed by atoms with Gasteiger partial charge in [-0.05, 0) is 88.8 Å². The van der Waals surface area contributed by atoms with Crippen LogP contribution in [0, 0.1) is 63.7 Å². The van der Waals surface area contributed by atoms with Gasteiger partial charge in [0.2, 0.25) is 5.91 Å². The maximum absolute atomic E-state index is 12.3. The van der Waals surface area contributed by atoms with Gasteiger partial charge in [-0.2, -0.15) is 0 Å². The number of hydrogen-bond donors (Lipinski definition) is 2. The van der Waals surface area contributed by atoms with Gasteiger partial charge in [0, 0.05) is 11.5 Å². The summed E-state index contributed by atoms with van der Waals surface area (Å²) in [6, 6.07) is 6.47. The Labute approximate surface area is 203 Å². The van der Waals surface area contributed by atoms with Crippen LogP contribution in [0.1, 0.15) is 36.2 Å². The molecule has 2 aliphatic carbocycles. The van der Waals surface area contributed by atoms with Crippen molar-refractivity contribution >= 4 is 17.8 Å². The summed E-state index contributed by atoms with van der Waals surface area (Å²) in [6.45, 7) is 3.52. The number of nitrogens with one attached hydrogen (secondary N) is 2. The molecule has 0 unspecified atom stereocenters. The molecule has 0 heterocycles. The zero-order valence-corrected chi connectivity index (χ0v) is 19.3. The van der Waals surface area contributed by atoms with Crippen molar-refractivity contribution in [3.8, 4) is 0 Å². The summed E-state index contributed by atoms with van der Waals surface area (Å²) in [5.41, 5.74) is 1.40. The molecule has 1 atom stereocenters. The van der Waals surface area contributed by atoms with E-state index < -0.39 is 17.9 Å². The number of esters is 1. The van der Waals surface area contributed by atoms with Gasteiger partial charge in [0.1, 0.15) is 6.04 Å². The summed E-state index contributed by atoms with van der Waals surface area (Å²) in [5.74, 6) is -0.238. The van der Waals surface area contributed by atoms with E-state index in [0.717, 1.165) is 11.5 Å². The number of benzene rings is 1. The summed E-state index contributed by atoms with van der Waals surface area (Å²) >= 11 is 0. The number of rotatable bonds is 8. The molecule has 7 heteroatoms. The van der Waals surface area contributed by atoms with Crippen LogP contribution in [-0.4, -0.2) is 37.0 Å². The summed E-state index contributed by atoms with van der Waals surface area (Å²) in [7, 11) is 0. The van der Waals surface area contributed by atoms with Crippen molar-refractivity contribution < 1.29 is 36.2 Å².